The molecule has 8 nitrogen and oxygen atoms in total. The van der Waals surface area contributed by atoms with Gasteiger partial charge in [0.15, 0.2) is 0 Å². The lowest BCUT2D eigenvalue weighted by atomic mass is 9.93. The first-order valence-corrected chi connectivity index (χ1v) is 11.8. The van der Waals surface area contributed by atoms with E-state index in [1.807, 2.05) is 42.7 Å². The molecule has 2 aromatic heterocycles. The van der Waals surface area contributed by atoms with E-state index in [-0.39, 0.29) is 6.04 Å². The number of nitrogens with zero attached hydrogens (tertiary/aromatic N) is 6. The molecule has 2 aliphatic rings. The summed E-state index contributed by atoms with van der Waals surface area (Å²) in [6.45, 7) is 4.77. The average Bonchev–Trinajstić information content (AvgIpc) is 2.86. The molecule has 0 aliphatic carbocycles. The number of benzene rings is 1. The summed E-state index contributed by atoms with van der Waals surface area (Å²) in [7, 11) is 0. The predicted molar refractivity (Wildman–Crippen MR) is 129 cm³/mol. The van der Waals surface area contributed by atoms with Crippen LogP contribution in [0.5, 0.6) is 0 Å². The average molecular weight is 466 g/mol. The van der Waals surface area contributed by atoms with Crippen molar-refractivity contribution in [2.75, 3.05) is 43.5 Å². The smallest absolute Gasteiger partial charge is 0.225 e. The molecule has 2 N–H and O–H groups in total. The summed E-state index contributed by atoms with van der Waals surface area (Å²) in [5.41, 5.74) is 10.0. The van der Waals surface area contributed by atoms with Gasteiger partial charge in [-0.05, 0) is 43.1 Å². The highest BCUT2D eigenvalue weighted by Crippen LogP contribution is 2.37. The summed E-state index contributed by atoms with van der Waals surface area (Å²) in [4.78, 5) is 23.0. The van der Waals surface area contributed by atoms with E-state index in [2.05, 4.69) is 19.8 Å². The third-order valence-corrected chi connectivity index (χ3v) is 6.53. The maximum Gasteiger partial charge on any atom is 0.225 e. The van der Waals surface area contributed by atoms with E-state index in [0.717, 1.165) is 73.9 Å². The highest BCUT2D eigenvalue weighted by atomic mass is 35.5. The normalized spacial score (nSPS) is 19.5. The minimum atomic E-state index is 0.136. The van der Waals surface area contributed by atoms with Gasteiger partial charge in [-0.3, -0.25) is 4.90 Å². The maximum absolute atomic E-state index is 6.11. The van der Waals surface area contributed by atoms with Gasteiger partial charge in [0.25, 0.3) is 0 Å². The van der Waals surface area contributed by atoms with Crippen molar-refractivity contribution in [1.29, 1.82) is 0 Å². The summed E-state index contributed by atoms with van der Waals surface area (Å²) < 4.78 is 5.46. The number of nitrogens with two attached hydrogens (primary N) is 1. The second kappa shape index (κ2) is 9.99. The van der Waals surface area contributed by atoms with E-state index in [0.29, 0.717) is 24.2 Å². The first-order valence-electron chi connectivity index (χ1n) is 11.4. The Kier molecular flexibility index (Phi) is 6.66. The molecule has 0 spiro atoms. The number of rotatable bonds is 5. The Bertz CT molecular complexity index is 1090. The molecular formula is C24H28ClN7O. The molecule has 172 valence electrons. The van der Waals surface area contributed by atoms with Crippen molar-refractivity contribution < 1.29 is 4.74 Å². The van der Waals surface area contributed by atoms with Crippen LogP contribution in [0.15, 0.2) is 42.7 Å². The van der Waals surface area contributed by atoms with Crippen molar-refractivity contribution in [2.24, 2.45) is 0 Å². The lowest BCUT2D eigenvalue weighted by Gasteiger charge is -2.36. The largest absolute Gasteiger partial charge is 0.378 e. The maximum atomic E-state index is 6.11. The van der Waals surface area contributed by atoms with Crippen LogP contribution in [0, 0.1) is 0 Å². The van der Waals surface area contributed by atoms with Gasteiger partial charge in [0.1, 0.15) is 0 Å². The molecule has 33 heavy (non-hydrogen) atoms. The van der Waals surface area contributed by atoms with Crippen molar-refractivity contribution in [1.82, 2.24) is 24.8 Å². The molecule has 4 heterocycles. The van der Waals surface area contributed by atoms with Gasteiger partial charge < -0.3 is 15.4 Å². The molecule has 0 radical (unpaired) electrons. The van der Waals surface area contributed by atoms with Gasteiger partial charge in [0.05, 0.1) is 30.6 Å². The van der Waals surface area contributed by atoms with E-state index < -0.39 is 0 Å². The van der Waals surface area contributed by atoms with Crippen molar-refractivity contribution in [3.63, 3.8) is 0 Å². The Balaban J connectivity index is 1.43. The van der Waals surface area contributed by atoms with Gasteiger partial charge in [0, 0.05) is 42.6 Å². The third kappa shape index (κ3) is 5.08. The van der Waals surface area contributed by atoms with Crippen LogP contribution in [0.4, 0.5) is 11.9 Å². The quantitative estimate of drug-likeness (QED) is 0.609. The predicted octanol–water partition coefficient (Wildman–Crippen LogP) is 3.73. The standard InChI is InChI=1S/C24H28ClN7O/c25-18-6-4-17(5-7-18)20-15-28-23(26)30-22(20)21-3-1-2-10-32(21)16-19-8-9-27-24(29-19)31-11-13-33-14-12-31/h4-9,15,21H,1-3,10-14,16H2,(H2,26,28,30)/t21-/m0/s1. The summed E-state index contributed by atoms with van der Waals surface area (Å²) in [5, 5.41) is 0.704. The molecule has 9 heteroatoms. The Morgan fingerprint density at radius 1 is 1.00 bits per heavy atom. The van der Waals surface area contributed by atoms with Crippen LogP contribution < -0.4 is 10.6 Å². The van der Waals surface area contributed by atoms with Crippen LogP contribution in [0.25, 0.3) is 11.1 Å². The number of likely N-dealkylation sites (tertiary alicyclic amines) is 1. The fourth-order valence-electron chi connectivity index (χ4n) is 4.60. The molecule has 5 rings (SSSR count). The Hall–Kier alpha value is -2.81. The lowest BCUT2D eigenvalue weighted by Crippen LogP contribution is -2.38. The van der Waals surface area contributed by atoms with Crippen LogP contribution in [0.1, 0.15) is 36.7 Å². The van der Waals surface area contributed by atoms with Gasteiger partial charge in [-0.25, -0.2) is 19.9 Å². The van der Waals surface area contributed by atoms with E-state index in [9.17, 15) is 0 Å². The van der Waals surface area contributed by atoms with Crippen LogP contribution in [0.3, 0.4) is 0 Å². The Morgan fingerprint density at radius 3 is 2.64 bits per heavy atom. The molecule has 0 bridgehead atoms. The fraction of sp³-hybridized carbons (Fsp3) is 0.417. The molecule has 0 unspecified atom stereocenters. The van der Waals surface area contributed by atoms with E-state index in [4.69, 9.17) is 32.0 Å². The van der Waals surface area contributed by atoms with Crippen LogP contribution in [0.2, 0.25) is 5.02 Å². The Labute approximate surface area is 198 Å². The highest BCUT2D eigenvalue weighted by Gasteiger charge is 2.29. The number of hydrogen-bond donors (Lipinski definition) is 1. The molecule has 2 fully saturated rings. The summed E-state index contributed by atoms with van der Waals surface area (Å²) in [6, 6.07) is 9.94. The minimum Gasteiger partial charge on any atom is -0.378 e. The zero-order valence-electron chi connectivity index (χ0n) is 18.5. The zero-order chi connectivity index (χ0) is 22.6. The SMILES string of the molecule is Nc1ncc(-c2ccc(Cl)cc2)c([C@@H]2CCCCN2Cc2ccnc(N3CCOCC3)n2)n1. The second-order valence-corrected chi connectivity index (χ2v) is 8.90. The van der Waals surface area contributed by atoms with Crippen LogP contribution in [-0.2, 0) is 11.3 Å². The number of morpholine rings is 1. The summed E-state index contributed by atoms with van der Waals surface area (Å²) in [5.74, 6) is 1.07. The number of aromatic nitrogens is 4. The summed E-state index contributed by atoms with van der Waals surface area (Å²) in [6.07, 6.45) is 6.99. The third-order valence-electron chi connectivity index (χ3n) is 6.28. The van der Waals surface area contributed by atoms with Crippen molar-refractivity contribution in [3.05, 3.63) is 59.1 Å². The second-order valence-electron chi connectivity index (χ2n) is 8.46. The van der Waals surface area contributed by atoms with Crippen molar-refractivity contribution in [2.45, 2.75) is 31.8 Å². The first-order chi connectivity index (χ1) is 16.2. The number of anilines is 2. The van der Waals surface area contributed by atoms with Crippen molar-refractivity contribution >= 4 is 23.5 Å². The molecule has 1 atom stereocenters. The van der Waals surface area contributed by atoms with E-state index in [1.165, 1.54) is 0 Å². The van der Waals surface area contributed by atoms with Gasteiger partial charge in [0.2, 0.25) is 11.9 Å². The van der Waals surface area contributed by atoms with Crippen LogP contribution >= 0.6 is 11.6 Å². The van der Waals surface area contributed by atoms with Gasteiger partial charge in [-0.1, -0.05) is 30.2 Å². The zero-order valence-corrected chi connectivity index (χ0v) is 19.3. The lowest BCUT2D eigenvalue weighted by molar-refractivity contribution is 0.121. The molecule has 0 saturated carbocycles. The number of nitrogen functional groups attached to an aromatic ring is 1. The number of halogens is 1. The van der Waals surface area contributed by atoms with Crippen LogP contribution in [-0.4, -0.2) is 57.7 Å². The minimum absolute atomic E-state index is 0.136. The van der Waals surface area contributed by atoms with Gasteiger partial charge in [-0.15, -0.1) is 0 Å². The van der Waals surface area contributed by atoms with Crippen molar-refractivity contribution in [3.8, 4) is 11.1 Å². The van der Waals surface area contributed by atoms with E-state index >= 15 is 0 Å². The fourth-order valence-corrected chi connectivity index (χ4v) is 4.73. The number of hydrogen-bond acceptors (Lipinski definition) is 8. The first kappa shape index (κ1) is 22.0. The molecule has 2 saturated heterocycles. The molecule has 2 aliphatic heterocycles. The molecular weight excluding hydrogens is 438 g/mol. The number of piperidine rings is 1. The van der Waals surface area contributed by atoms with E-state index in [1.54, 1.807) is 0 Å². The number of ether oxygens (including phenoxy) is 1. The topological polar surface area (TPSA) is 93.3 Å². The molecule has 0 amide bonds. The Morgan fingerprint density at radius 2 is 1.82 bits per heavy atom. The molecule has 1 aromatic carbocycles. The highest BCUT2D eigenvalue weighted by molar-refractivity contribution is 6.30. The van der Waals surface area contributed by atoms with Gasteiger partial charge >= 0.3 is 0 Å². The molecule has 3 aromatic rings. The summed E-state index contributed by atoms with van der Waals surface area (Å²) >= 11 is 6.11. The van der Waals surface area contributed by atoms with Gasteiger partial charge in [-0.2, -0.15) is 0 Å². The monoisotopic (exact) mass is 465 g/mol.